The van der Waals surface area contributed by atoms with Crippen LogP contribution in [0.3, 0.4) is 0 Å². The van der Waals surface area contributed by atoms with E-state index in [0.717, 1.165) is 22.9 Å². The van der Waals surface area contributed by atoms with Crippen LogP contribution >= 0.6 is 27.5 Å². The average molecular weight is 385 g/mol. The first-order chi connectivity index (χ1) is 10.5. The van der Waals surface area contributed by atoms with Gasteiger partial charge >= 0.3 is 5.97 Å². The second kappa shape index (κ2) is 4.96. The van der Waals surface area contributed by atoms with Crippen molar-refractivity contribution in [2.45, 2.75) is 25.9 Å². The third-order valence-corrected chi connectivity index (χ3v) is 6.51. The minimum atomic E-state index is -0.266. The van der Waals surface area contributed by atoms with Gasteiger partial charge in [0.25, 0.3) is 0 Å². The Morgan fingerprint density at radius 2 is 2.18 bits per heavy atom. The third-order valence-electron chi connectivity index (χ3n) is 5.31. The summed E-state index contributed by atoms with van der Waals surface area (Å²) in [6.45, 7) is 1.91. The number of halogens is 2. The van der Waals surface area contributed by atoms with Crippen molar-refractivity contribution < 1.29 is 14.3 Å². The van der Waals surface area contributed by atoms with Crippen molar-refractivity contribution >= 4 is 45.1 Å². The Hall–Kier alpha value is -1.07. The molecule has 0 aromatic heterocycles. The number of benzene rings is 1. The molecule has 1 aromatic rings. The zero-order valence-electron chi connectivity index (χ0n) is 11.9. The number of ether oxygens (including phenoxy) is 1. The van der Waals surface area contributed by atoms with E-state index in [1.54, 1.807) is 6.07 Å². The largest absolute Gasteiger partial charge is 0.462 e. The van der Waals surface area contributed by atoms with E-state index in [1.165, 1.54) is 0 Å². The lowest BCUT2D eigenvalue weighted by molar-refractivity contribution is -0.145. The van der Waals surface area contributed by atoms with Crippen LogP contribution in [0.25, 0.3) is 0 Å². The molecule has 5 atom stereocenters. The minimum absolute atomic E-state index is 0.0513. The van der Waals surface area contributed by atoms with Gasteiger partial charge in [0.2, 0.25) is 5.91 Å². The highest BCUT2D eigenvalue weighted by atomic mass is 79.9. The molecule has 3 aliphatic rings. The van der Waals surface area contributed by atoms with Crippen LogP contribution in [0, 0.1) is 30.6 Å². The molecule has 2 bridgehead atoms. The Kier molecular flexibility index (Phi) is 3.28. The molecule has 4 rings (SSSR count). The molecule has 116 valence electrons. The highest BCUT2D eigenvalue weighted by Gasteiger charge is 2.63. The standard InChI is InChI=1S/C16H15BrClNO3/c1-6-2-9(17)10(18)5-11(6)19-15(20)13-7-3-8-12(4-7)22-16(21)14(8)13/h2,5,7-8,12-14H,3-4H2,1H3,(H,19,20)/t7-,8+,12-,13-,14+/m0/s1. The highest BCUT2D eigenvalue weighted by Crippen LogP contribution is 2.57. The summed E-state index contributed by atoms with van der Waals surface area (Å²) < 4.78 is 6.18. The van der Waals surface area contributed by atoms with E-state index in [4.69, 9.17) is 16.3 Å². The summed E-state index contributed by atoms with van der Waals surface area (Å²) in [7, 11) is 0. The van der Waals surface area contributed by atoms with Gasteiger partial charge in [-0.3, -0.25) is 9.59 Å². The molecule has 4 nitrogen and oxygen atoms in total. The number of anilines is 1. The van der Waals surface area contributed by atoms with Crippen molar-refractivity contribution in [3.63, 3.8) is 0 Å². The number of aryl methyl sites for hydroxylation is 1. The van der Waals surface area contributed by atoms with Crippen LogP contribution < -0.4 is 5.32 Å². The zero-order valence-corrected chi connectivity index (χ0v) is 14.3. The third kappa shape index (κ3) is 2.02. The van der Waals surface area contributed by atoms with Crippen molar-refractivity contribution in [2.24, 2.45) is 23.7 Å². The zero-order chi connectivity index (χ0) is 15.6. The van der Waals surface area contributed by atoms with E-state index in [-0.39, 0.29) is 41.7 Å². The molecular formula is C16H15BrClNO3. The van der Waals surface area contributed by atoms with Crippen molar-refractivity contribution in [3.05, 3.63) is 27.2 Å². The fourth-order valence-electron chi connectivity index (χ4n) is 4.36. The van der Waals surface area contributed by atoms with Gasteiger partial charge in [0, 0.05) is 16.1 Å². The van der Waals surface area contributed by atoms with E-state index >= 15 is 0 Å². The lowest BCUT2D eigenvalue weighted by Crippen LogP contribution is -2.36. The van der Waals surface area contributed by atoms with E-state index in [2.05, 4.69) is 21.2 Å². The maximum absolute atomic E-state index is 12.7. The Morgan fingerprint density at radius 1 is 1.41 bits per heavy atom. The number of hydrogen-bond acceptors (Lipinski definition) is 3. The molecule has 1 aromatic carbocycles. The van der Waals surface area contributed by atoms with Gasteiger partial charge in [0.1, 0.15) is 6.10 Å². The predicted octanol–water partition coefficient (Wildman–Crippen LogP) is 3.55. The van der Waals surface area contributed by atoms with E-state index in [9.17, 15) is 9.59 Å². The Morgan fingerprint density at radius 3 is 2.95 bits per heavy atom. The summed E-state index contributed by atoms with van der Waals surface area (Å²) in [5.41, 5.74) is 1.63. The molecule has 0 radical (unpaired) electrons. The molecule has 0 unspecified atom stereocenters. The van der Waals surface area contributed by atoms with Crippen molar-refractivity contribution in [1.82, 2.24) is 0 Å². The van der Waals surface area contributed by atoms with Crippen LogP contribution in [-0.2, 0) is 14.3 Å². The summed E-state index contributed by atoms with van der Waals surface area (Å²) in [6, 6.07) is 3.61. The van der Waals surface area contributed by atoms with Gasteiger partial charge in [-0.2, -0.15) is 0 Å². The van der Waals surface area contributed by atoms with Gasteiger partial charge in [-0.1, -0.05) is 11.6 Å². The topological polar surface area (TPSA) is 55.4 Å². The van der Waals surface area contributed by atoms with Crippen LogP contribution in [0.2, 0.25) is 5.02 Å². The summed E-state index contributed by atoms with van der Waals surface area (Å²) >= 11 is 9.47. The number of nitrogens with one attached hydrogen (secondary N) is 1. The second-order valence-corrected chi connectivity index (χ2v) is 7.75. The lowest BCUT2D eigenvalue weighted by atomic mass is 9.79. The van der Waals surface area contributed by atoms with Crippen molar-refractivity contribution in [2.75, 3.05) is 5.32 Å². The Bertz CT molecular complexity index is 690. The van der Waals surface area contributed by atoms with Gasteiger partial charge in [-0.15, -0.1) is 0 Å². The van der Waals surface area contributed by atoms with Gasteiger partial charge in [-0.05, 0) is 59.3 Å². The second-order valence-electron chi connectivity index (χ2n) is 6.49. The molecule has 1 N–H and O–H groups in total. The normalized spacial score (nSPS) is 34.9. The maximum Gasteiger partial charge on any atom is 0.310 e. The summed E-state index contributed by atoms with van der Waals surface area (Å²) in [5.74, 6) is -0.300. The number of carbonyl (C=O) groups is 2. The fourth-order valence-corrected chi connectivity index (χ4v) is 4.98. The molecule has 1 aliphatic heterocycles. The molecule has 0 spiro atoms. The van der Waals surface area contributed by atoms with Crippen LogP contribution in [0.5, 0.6) is 0 Å². The minimum Gasteiger partial charge on any atom is -0.462 e. The van der Waals surface area contributed by atoms with E-state index < -0.39 is 0 Å². The summed E-state index contributed by atoms with van der Waals surface area (Å²) in [5, 5.41) is 3.51. The smallest absolute Gasteiger partial charge is 0.310 e. The monoisotopic (exact) mass is 383 g/mol. The van der Waals surface area contributed by atoms with Crippen molar-refractivity contribution in [1.29, 1.82) is 0 Å². The molecule has 6 heteroatoms. The first-order valence-electron chi connectivity index (χ1n) is 7.42. The molecule has 22 heavy (non-hydrogen) atoms. The SMILES string of the molecule is Cc1cc(Br)c(Cl)cc1NC(=O)[C@H]1[C@H]2C[C@H]3[C@H]1C(=O)O[C@H]3C2. The van der Waals surface area contributed by atoms with Gasteiger partial charge in [-0.25, -0.2) is 0 Å². The molecule has 2 aliphatic carbocycles. The van der Waals surface area contributed by atoms with Crippen LogP contribution in [-0.4, -0.2) is 18.0 Å². The average Bonchev–Trinajstić information content (AvgIpc) is 3.05. The van der Waals surface area contributed by atoms with E-state index in [1.807, 2.05) is 13.0 Å². The maximum atomic E-state index is 12.7. The molecule has 2 saturated carbocycles. The number of amides is 1. The van der Waals surface area contributed by atoms with Crippen LogP contribution in [0.15, 0.2) is 16.6 Å². The molecule has 1 heterocycles. The number of fused-ring (bicyclic) bond motifs is 1. The fraction of sp³-hybridized carbons (Fsp3) is 0.500. The molecule has 1 saturated heterocycles. The van der Waals surface area contributed by atoms with Gasteiger partial charge in [0.05, 0.1) is 16.9 Å². The molecule has 1 amide bonds. The lowest BCUT2D eigenvalue weighted by Gasteiger charge is -2.24. The Balaban J connectivity index is 1.59. The highest BCUT2D eigenvalue weighted by molar-refractivity contribution is 9.10. The van der Waals surface area contributed by atoms with Crippen LogP contribution in [0.4, 0.5) is 5.69 Å². The first kappa shape index (κ1) is 14.5. The molecular weight excluding hydrogens is 370 g/mol. The van der Waals surface area contributed by atoms with Gasteiger partial charge < -0.3 is 10.1 Å². The number of esters is 1. The number of rotatable bonds is 2. The van der Waals surface area contributed by atoms with Gasteiger partial charge in [0.15, 0.2) is 0 Å². The van der Waals surface area contributed by atoms with E-state index in [0.29, 0.717) is 10.7 Å². The molecule has 3 fully saturated rings. The number of hydrogen-bond donors (Lipinski definition) is 1. The number of carbonyl (C=O) groups excluding carboxylic acids is 2. The summed E-state index contributed by atoms with van der Waals surface area (Å²) in [4.78, 5) is 24.7. The quantitative estimate of drug-likeness (QED) is 0.793. The van der Waals surface area contributed by atoms with Crippen molar-refractivity contribution in [3.8, 4) is 0 Å². The summed E-state index contributed by atoms with van der Waals surface area (Å²) in [6.07, 6.45) is 1.81. The van der Waals surface area contributed by atoms with Crippen LogP contribution in [0.1, 0.15) is 18.4 Å². The first-order valence-corrected chi connectivity index (χ1v) is 8.60. The predicted molar refractivity (Wildman–Crippen MR) is 85.6 cm³/mol. The Labute approximate surface area is 141 Å².